The highest BCUT2D eigenvalue weighted by atomic mass is 16.5. The summed E-state index contributed by atoms with van der Waals surface area (Å²) in [7, 11) is 1.54. The van der Waals surface area contributed by atoms with Gasteiger partial charge in [-0.3, -0.25) is 14.4 Å². The van der Waals surface area contributed by atoms with Crippen LogP contribution in [0.1, 0.15) is 21.5 Å². The Morgan fingerprint density at radius 1 is 0.875 bits per heavy atom. The number of hydrogen-bond acceptors (Lipinski definition) is 5. The predicted molar refractivity (Wildman–Crippen MR) is 123 cm³/mol. The number of nitrogens with zero attached hydrogens (tertiary/aromatic N) is 1. The molecule has 0 aliphatic carbocycles. The van der Waals surface area contributed by atoms with Crippen molar-refractivity contribution in [2.45, 2.75) is 6.92 Å². The molecule has 32 heavy (non-hydrogen) atoms. The van der Waals surface area contributed by atoms with Crippen molar-refractivity contribution in [3.63, 3.8) is 0 Å². The summed E-state index contributed by atoms with van der Waals surface area (Å²) in [5.41, 5.74) is 4.89. The Hall–Kier alpha value is -4.46. The average molecular weight is 430 g/mol. The molecule has 0 aliphatic heterocycles. The number of carbonyl (C=O) groups excluding carboxylic acids is 3. The molecule has 8 nitrogen and oxygen atoms in total. The van der Waals surface area contributed by atoms with Gasteiger partial charge in [0.05, 0.1) is 24.6 Å². The molecule has 0 aromatic heterocycles. The summed E-state index contributed by atoms with van der Waals surface area (Å²) < 4.78 is 5.11. The van der Waals surface area contributed by atoms with Gasteiger partial charge in [0.2, 0.25) is 0 Å². The van der Waals surface area contributed by atoms with Crippen molar-refractivity contribution in [3.8, 4) is 5.75 Å². The van der Waals surface area contributed by atoms with E-state index in [1.54, 1.807) is 55.6 Å². The summed E-state index contributed by atoms with van der Waals surface area (Å²) in [4.78, 5) is 37.1. The van der Waals surface area contributed by atoms with Crippen LogP contribution in [-0.2, 0) is 9.59 Å². The molecule has 0 unspecified atom stereocenters. The van der Waals surface area contributed by atoms with Gasteiger partial charge in [0.1, 0.15) is 5.75 Å². The highest BCUT2D eigenvalue weighted by Crippen LogP contribution is 2.18. The number of hydrazone groups is 1. The van der Waals surface area contributed by atoms with E-state index in [1.165, 1.54) is 12.3 Å². The zero-order valence-corrected chi connectivity index (χ0v) is 17.6. The van der Waals surface area contributed by atoms with Crippen molar-refractivity contribution in [3.05, 3.63) is 89.5 Å². The Labute approximate surface area is 185 Å². The molecular formula is C24H22N4O4. The quantitative estimate of drug-likeness (QED) is 0.317. The lowest BCUT2D eigenvalue weighted by molar-refractivity contribution is -0.136. The van der Waals surface area contributed by atoms with Crippen molar-refractivity contribution >= 4 is 35.3 Å². The number of para-hydroxylation sites is 1. The van der Waals surface area contributed by atoms with Crippen LogP contribution >= 0.6 is 0 Å². The van der Waals surface area contributed by atoms with Crippen LogP contribution in [0.4, 0.5) is 11.4 Å². The number of nitrogens with one attached hydrogen (secondary N) is 3. The molecule has 3 rings (SSSR count). The van der Waals surface area contributed by atoms with Crippen LogP contribution in [-0.4, -0.2) is 31.0 Å². The molecule has 0 fully saturated rings. The monoisotopic (exact) mass is 430 g/mol. The topological polar surface area (TPSA) is 109 Å². The largest absolute Gasteiger partial charge is 0.497 e. The van der Waals surface area contributed by atoms with Crippen LogP contribution in [0.15, 0.2) is 77.9 Å². The molecule has 0 radical (unpaired) electrons. The Bertz CT molecular complexity index is 1170. The second-order valence-electron chi connectivity index (χ2n) is 6.80. The van der Waals surface area contributed by atoms with Gasteiger partial charge in [-0.1, -0.05) is 36.4 Å². The first kappa shape index (κ1) is 22.2. The van der Waals surface area contributed by atoms with Crippen LogP contribution in [0, 0.1) is 6.92 Å². The molecule has 0 bridgehead atoms. The number of carbonyl (C=O) groups is 3. The zero-order valence-electron chi connectivity index (χ0n) is 17.6. The molecule has 0 heterocycles. The van der Waals surface area contributed by atoms with Gasteiger partial charge in [0, 0.05) is 5.69 Å². The van der Waals surface area contributed by atoms with Gasteiger partial charge < -0.3 is 15.4 Å². The van der Waals surface area contributed by atoms with E-state index in [4.69, 9.17) is 4.74 Å². The minimum absolute atomic E-state index is 0.203. The molecule has 0 saturated carbocycles. The third-order valence-corrected chi connectivity index (χ3v) is 4.38. The Morgan fingerprint density at radius 3 is 2.44 bits per heavy atom. The van der Waals surface area contributed by atoms with Gasteiger partial charge in [-0.15, -0.1) is 0 Å². The van der Waals surface area contributed by atoms with Crippen LogP contribution < -0.4 is 20.8 Å². The van der Waals surface area contributed by atoms with E-state index in [9.17, 15) is 14.4 Å². The fourth-order valence-electron chi connectivity index (χ4n) is 2.83. The summed E-state index contributed by atoms with van der Waals surface area (Å²) in [5, 5.41) is 9.01. The van der Waals surface area contributed by atoms with Gasteiger partial charge in [-0.05, 0) is 54.4 Å². The molecule has 0 spiro atoms. The number of benzene rings is 3. The van der Waals surface area contributed by atoms with Gasteiger partial charge >= 0.3 is 11.8 Å². The van der Waals surface area contributed by atoms with Crippen LogP contribution in [0.2, 0.25) is 0 Å². The smallest absolute Gasteiger partial charge is 0.329 e. The van der Waals surface area contributed by atoms with E-state index in [0.29, 0.717) is 17.0 Å². The first-order valence-corrected chi connectivity index (χ1v) is 9.72. The van der Waals surface area contributed by atoms with Gasteiger partial charge in [0.15, 0.2) is 0 Å². The zero-order chi connectivity index (χ0) is 22.9. The first-order valence-electron chi connectivity index (χ1n) is 9.72. The Kier molecular flexibility index (Phi) is 7.32. The standard InChI is InChI=1S/C24H22N4O4/c1-16-7-5-9-18(13-16)26-22(29)20-11-3-4-12-21(20)27-23(30)24(31)28-25-15-17-8-6-10-19(14-17)32-2/h3-15H,1-2H3,(H,26,29)(H,27,30)(H,28,31)/b25-15+. The molecule has 3 aromatic rings. The SMILES string of the molecule is COc1cccc(/C=N/NC(=O)C(=O)Nc2ccccc2C(=O)Nc2cccc(C)c2)c1. The van der Waals surface area contributed by atoms with Crippen molar-refractivity contribution in [2.24, 2.45) is 5.10 Å². The number of hydrogen-bond donors (Lipinski definition) is 3. The highest BCUT2D eigenvalue weighted by molar-refractivity contribution is 6.40. The maximum absolute atomic E-state index is 12.7. The number of aryl methyl sites for hydroxylation is 1. The number of rotatable bonds is 6. The van der Waals surface area contributed by atoms with Crippen molar-refractivity contribution in [2.75, 3.05) is 17.7 Å². The number of methoxy groups -OCH3 is 1. The summed E-state index contributed by atoms with van der Waals surface area (Å²) in [5.74, 6) is -1.71. The minimum Gasteiger partial charge on any atom is -0.497 e. The maximum Gasteiger partial charge on any atom is 0.329 e. The van der Waals surface area contributed by atoms with E-state index in [-0.39, 0.29) is 11.3 Å². The maximum atomic E-state index is 12.7. The minimum atomic E-state index is -0.974. The van der Waals surface area contributed by atoms with E-state index >= 15 is 0 Å². The molecule has 162 valence electrons. The van der Waals surface area contributed by atoms with Crippen molar-refractivity contribution in [1.29, 1.82) is 0 Å². The van der Waals surface area contributed by atoms with Crippen molar-refractivity contribution < 1.29 is 19.1 Å². The van der Waals surface area contributed by atoms with E-state index < -0.39 is 17.7 Å². The Morgan fingerprint density at radius 2 is 1.66 bits per heavy atom. The van der Waals surface area contributed by atoms with Crippen LogP contribution in [0.25, 0.3) is 0 Å². The molecular weight excluding hydrogens is 408 g/mol. The van der Waals surface area contributed by atoms with Gasteiger partial charge in [0.25, 0.3) is 5.91 Å². The molecule has 0 aliphatic rings. The third kappa shape index (κ3) is 6.02. The molecule has 3 N–H and O–H groups in total. The first-order chi connectivity index (χ1) is 15.5. The summed E-state index contributed by atoms with van der Waals surface area (Å²) in [6.45, 7) is 1.92. The number of amides is 3. The number of ether oxygens (including phenoxy) is 1. The fraction of sp³-hybridized carbons (Fsp3) is 0.0833. The van der Waals surface area contributed by atoms with E-state index in [0.717, 1.165) is 5.56 Å². The lowest BCUT2D eigenvalue weighted by atomic mass is 10.1. The van der Waals surface area contributed by atoms with Crippen LogP contribution in [0.5, 0.6) is 5.75 Å². The lowest BCUT2D eigenvalue weighted by Crippen LogP contribution is -2.33. The third-order valence-electron chi connectivity index (χ3n) is 4.38. The lowest BCUT2D eigenvalue weighted by Gasteiger charge is -2.11. The molecule has 8 heteroatoms. The number of anilines is 2. The summed E-state index contributed by atoms with van der Waals surface area (Å²) >= 11 is 0. The van der Waals surface area contributed by atoms with Crippen LogP contribution in [0.3, 0.4) is 0 Å². The van der Waals surface area contributed by atoms with E-state index in [1.807, 2.05) is 25.1 Å². The molecule has 3 aromatic carbocycles. The molecule has 0 atom stereocenters. The van der Waals surface area contributed by atoms with Gasteiger partial charge in [-0.25, -0.2) is 5.43 Å². The molecule has 3 amide bonds. The average Bonchev–Trinajstić information content (AvgIpc) is 2.79. The second kappa shape index (κ2) is 10.5. The second-order valence-corrected chi connectivity index (χ2v) is 6.80. The van der Waals surface area contributed by atoms with E-state index in [2.05, 4.69) is 21.2 Å². The Balaban J connectivity index is 1.63. The van der Waals surface area contributed by atoms with Crippen molar-refractivity contribution in [1.82, 2.24) is 5.43 Å². The normalized spacial score (nSPS) is 10.4. The molecule has 0 saturated heterocycles. The fourth-order valence-corrected chi connectivity index (χ4v) is 2.83. The van der Waals surface area contributed by atoms with Gasteiger partial charge in [-0.2, -0.15) is 5.10 Å². The predicted octanol–water partition coefficient (Wildman–Crippen LogP) is 3.34. The highest BCUT2D eigenvalue weighted by Gasteiger charge is 2.17. The summed E-state index contributed by atoms with van der Waals surface area (Å²) in [6.07, 6.45) is 1.39. The summed E-state index contributed by atoms with van der Waals surface area (Å²) in [6, 6.07) is 20.8.